The first-order valence-electron chi connectivity index (χ1n) is 6.51. The van der Waals surface area contributed by atoms with Crippen LogP contribution in [0.2, 0.25) is 0 Å². The molecule has 1 unspecified atom stereocenters. The third-order valence-corrected chi connectivity index (χ3v) is 3.05. The molecule has 1 heterocycles. The van der Waals surface area contributed by atoms with Crippen molar-refractivity contribution in [2.24, 2.45) is 0 Å². The fraction of sp³-hybridized carbons (Fsp3) is 0.250. The summed E-state index contributed by atoms with van der Waals surface area (Å²) in [4.78, 5) is 15.3. The number of aromatic carboxylic acids is 1. The van der Waals surface area contributed by atoms with Crippen molar-refractivity contribution in [2.45, 2.75) is 25.8 Å². The summed E-state index contributed by atoms with van der Waals surface area (Å²) in [5, 5.41) is 14.0. The van der Waals surface area contributed by atoms with Gasteiger partial charge in [-0.05, 0) is 17.9 Å². The monoisotopic (exact) mass is 268 g/mol. The van der Waals surface area contributed by atoms with E-state index in [1.807, 2.05) is 31.2 Å². The van der Waals surface area contributed by atoms with Gasteiger partial charge in [0.15, 0.2) is 5.69 Å². The van der Waals surface area contributed by atoms with Crippen LogP contribution in [0, 0.1) is 12.3 Å². The highest BCUT2D eigenvalue weighted by atomic mass is 16.4. The quantitative estimate of drug-likeness (QED) is 0.818. The van der Waals surface area contributed by atoms with E-state index in [1.165, 1.54) is 0 Å². The highest BCUT2D eigenvalue weighted by Crippen LogP contribution is 2.23. The summed E-state index contributed by atoms with van der Waals surface area (Å²) >= 11 is 0. The molecule has 0 saturated carbocycles. The number of carboxylic acids is 1. The minimum absolute atomic E-state index is 0.0125. The van der Waals surface area contributed by atoms with Gasteiger partial charge in [-0.3, -0.25) is 0 Å². The molecule has 2 rings (SSSR count). The smallest absolute Gasteiger partial charge is 0.354 e. The molecule has 0 radical (unpaired) electrons. The molecule has 1 atom stereocenters. The molecule has 102 valence electrons. The zero-order valence-corrected chi connectivity index (χ0v) is 11.3. The van der Waals surface area contributed by atoms with Crippen LogP contribution in [0.15, 0.2) is 30.3 Å². The van der Waals surface area contributed by atoms with Crippen LogP contribution in [0.1, 0.15) is 30.3 Å². The maximum absolute atomic E-state index is 11.1. The number of anilines is 1. The maximum Gasteiger partial charge on any atom is 0.354 e. The minimum atomic E-state index is -1.05. The van der Waals surface area contributed by atoms with E-state index in [0.717, 1.165) is 23.6 Å². The molecule has 0 saturated heterocycles. The summed E-state index contributed by atoms with van der Waals surface area (Å²) in [5.41, 5.74) is 0.0125. The highest BCUT2D eigenvalue weighted by Gasteiger charge is 2.13. The molecule has 1 aromatic heterocycles. The Labute approximate surface area is 117 Å². The third kappa shape index (κ3) is 2.89. The molecule has 1 aromatic carbocycles. The standard InChI is InChI=1S/C16H16N2O2/c1-3-7-12(4-2)17-15-13-9-6-5-8-11(13)10-14(18-15)16(19)20/h2,5-6,8-10,12H,3,7H2,1H3,(H,17,18)(H,19,20). The van der Waals surface area contributed by atoms with Gasteiger partial charge in [0.25, 0.3) is 0 Å². The number of carbonyl (C=O) groups is 1. The number of nitrogens with one attached hydrogen (secondary N) is 1. The van der Waals surface area contributed by atoms with Crippen LogP contribution in [0.5, 0.6) is 0 Å². The van der Waals surface area contributed by atoms with Crippen molar-refractivity contribution >= 4 is 22.6 Å². The van der Waals surface area contributed by atoms with Crippen LogP contribution in [-0.4, -0.2) is 22.1 Å². The SMILES string of the molecule is C#CC(CCC)Nc1nc(C(=O)O)cc2ccccc12. The second-order valence-corrected chi connectivity index (χ2v) is 4.53. The maximum atomic E-state index is 11.1. The Morgan fingerprint density at radius 3 is 2.90 bits per heavy atom. The largest absolute Gasteiger partial charge is 0.477 e. The van der Waals surface area contributed by atoms with E-state index in [0.29, 0.717) is 5.82 Å². The molecule has 20 heavy (non-hydrogen) atoms. The molecule has 2 N–H and O–H groups in total. The summed E-state index contributed by atoms with van der Waals surface area (Å²) < 4.78 is 0. The molecule has 4 heteroatoms. The first-order chi connectivity index (χ1) is 9.65. The average molecular weight is 268 g/mol. The Morgan fingerprint density at radius 2 is 2.25 bits per heavy atom. The van der Waals surface area contributed by atoms with Gasteiger partial charge in [-0.1, -0.05) is 43.5 Å². The summed E-state index contributed by atoms with van der Waals surface area (Å²) in [5.74, 6) is 2.14. The minimum Gasteiger partial charge on any atom is -0.477 e. The summed E-state index contributed by atoms with van der Waals surface area (Å²) in [7, 11) is 0. The molecule has 0 aliphatic rings. The predicted octanol–water partition coefficient (Wildman–Crippen LogP) is 3.15. The van der Waals surface area contributed by atoms with E-state index in [9.17, 15) is 4.79 Å². The number of aromatic nitrogens is 1. The van der Waals surface area contributed by atoms with Crippen LogP contribution in [-0.2, 0) is 0 Å². The third-order valence-electron chi connectivity index (χ3n) is 3.05. The number of hydrogen-bond donors (Lipinski definition) is 2. The van der Waals surface area contributed by atoms with E-state index in [1.54, 1.807) is 6.07 Å². The first kappa shape index (κ1) is 13.9. The van der Waals surface area contributed by atoms with Gasteiger partial charge in [0.2, 0.25) is 0 Å². The van der Waals surface area contributed by atoms with E-state index in [4.69, 9.17) is 11.5 Å². The Morgan fingerprint density at radius 1 is 1.50 bits per heavy atom. The Bertz CT molecular complexity index is 674. The van der Waals surface area contributed by atoms with Crippen LogP contribution in [0.3, 0.4) is 0 Å². The molecular weight excluding hydrogens is 252 g/mol. The number of fused-ring (bicyclic) bond motifs is 1. The van der Waals surface area contributed by atoms with Gasteiger partial charge in [-0.15, -0.1) is 6.42 Å². The van der Waals surface area contributed by atoms with E-state index >= 15 is 0 Å². The second kappa shape index (κ2) is 6.07. The van der Waals surface area contributed by atoms with E-state index < -0.39 is 5.97 Å². The lowest BCUT2D eigenvalue weighted by molar-refractivity contribution is 0.0691. The number of carboxylic acid groups (broad SMARTS) is 1. The molecule has 0 spiro atoms. The lowest BCUT2D eigenvalue weighted by Gasteiger charge is -2.15. The normalized spacial score (nSPS) is 11.8. The van der Waals surface area contributed by atoms with Crippen molar-refractivity contribution in [1.82, 2.24) is 4.98 Å². The molecule has 0 aliphatic heterocycles. The number of terminal acetylenes is 1. The van der Waals surface area contributed by atoms with Gasteiger partial charge in [0.1, 0.15) is 5.82 Å². The number of pyridine rings is 1. The predicted molar refractivity (Wildman–Crippen MR) is 79.9 cm³/mol. The average Bonchev–Trinajstić information content (AvgIpc) is 2.46. The highest BCUT2D eigenvalue weighted by molar-refractivity contribution is 5.97. The topological polar surface area (TPSA) is 62.2 Å². The van der Waals surface area contributed by atoms with Crippen LogP contribution in [0.25, 0.3) is 10.8 Å². The fourth-order valence-electron chi connectivity index (χ4n) is 2.07. The lowest BCUT2D eigenvalue weighted by atomic mass is 10.1. The summed E-state index contributed by atoms with van der Waals surface area (Å²) in [6.07, 6.45) is 7.24. The Kier molecular flexibility index (Phi) is 4.21. The second-order valence-electron chi connectivity index (χ2n) is 4.53. The van der Waals surface area contributed by atoms with Gasteiger partial charge < -0.3 is 10.4 Å². The number of hydrogen-bond acceptors (Lipinski definition) is 3. The van der Waals surface area contributed by atoms with Crippen molar-refractivity contribution in [3.05, 3.63) is 36.0 Å². The van der Waals surface area contributed by atoms with E-state index in [2.05, 4.69) is 16.2 Å². The summed E-state index contributed by atoms with van der Waals surface area (Å²) in [6.45, 7) is 2.05. The van der Waals surface area contributed by atoms with Gasteiger partial charge >= 0.3 is 5.97 Å². The molecule has 0 amide bonds. The van der Waals surface area contributed by atoms with E-state index in [-0.39, 0.29) is 11.7 Å². The van der Waals surface area contributed by atoms with Crippen LogP contribution in [0.4, 0.5) is 5.82 Å². The molecule has 4 nitrogen and oxygen atoms in total. The Hall–Kier alpha value is -2.54. The van der Waals surface area contributed by atoms with Crippen molar-refractivity contribution in [1.29, 1.82) is 0 Å². The van der Waals surface area contributed by atoms with Gasteiger partial charge in [-0.2, -0.15) is 0 Å². The van der Waals surface area contributed by atoms with Crippen LogP contribution < -0.4 is 5.32 Å². The van der Waals surface area contributed by atoms with Crippen molar-refractivity contribution < 1.29 is 9.90 Å². The molecule has 0 aliphatic carbocycles. The molecule has 2 aromatic rings. The lowest BCUT2D eigenvalue weighted by Crippen LogP contribution is -2.18. The van der Waals surface area contributed by atoms with Gasteiger partial charge in [0, 0.05) is 5.39 Å². The number of nitrogens with zero attached hydrogens (tertiary/aromatic N) is 1. The van der Waals surface area contributed by atoms with Crippen molar-refractivity contribution in [2.75, 3.05) is 5.32 Å². The molecular formula is C16H16N2O2. The summed E-state index contributed by atoms with van der Waals surface area (Å²) in [6, 6.07) is 8.92. The zero-order valence-electron chi connectivity index (χ0n) is 11.3. The fourth-order valence-corrected chi connectivity index (χ4v) is 2.07. The Balaban J connectivity index is 2.50. The number of rotatable bonds is 5. The zero-order chi connectivity index (χ0) is 14.5. The first-order valence-corrected chi connectivity index (χ1v) is 6.51. The number of benzene rings is 1. The molecule has 0 fully saturated rings. The molecule has 0 bridgehead atoms. The van der Waals surface area contributed by atoms with Crippen LogP contribution >= 0.6 is 0 Å². The van der Waals surface area contributed by atoms with Gasteiger partial charge in [0.05, 0.1) is 6.04 Å². The van der Waals surface area contributed by atoms with Crippen molar-refractivity contribution in [3.63, 3.8) is 0 Å². The van der Waals surface area contributed by atoms with Gasteiger partial charge in [-0.25, -0.2) is 9.78 Å². The van der Waals surface area contributed by atoms with Crippen molar-refractivity contribution in [3.8, 4) is 12.3 Å².